The average Bonchev–Trinajstić information content (AvgIpc) is 2.70. The molecule has 0 bridgehead atoms. The highest BCUT2D eigenvalue weighted by atomic mass is 15.1. The molecule has 0 spiro atoms. The van der Waals surface area contributed by atoms with Crippen LogP contribution in [0.5, 0.6) is 0 Å². The van der Waals surface area contributed by atoms with Crippen molar-refractivity contribution in [2.24, 2.45) is 0 Å². The SMILES string of the molecule is CCCCNc1ncnc(NC(c2ccccc2)c2ccccc2)c1N. The Labute approximate surface area is 154 Å². The molecule has 0 saturated heterocycles. The molecule has 2 aromatic carbocycles. The number of anilines is 3. The van der Waals surface area contributed by atoms with Gasteiger partial charge in [0.2, 0.25) is 0 Å². The Morgan fingerprint density at radius 3 is 2.04 bits per heavy atom. The van der Waals surface area contributed by atoms with Crippen molar-refractivity contribution in [2.75, 3.05) is 22.9 Å². The molecule has 0 radical (unpaired) electrons. The van der Waals surface area contributed by atoms with Crippen LogP contribution < -0.4 is 16.4 Å². The standard InChI is InChI=1S/C21H25N5/c1-2-3-14-23-20-18(22)21(25-15-24-20)26-19(16-10-6-4-7-11-16)17-12-8-5-9-13-17/h4-13,15,19H,2-3,14,22H2,1H3,(H2,23,24,25,26). The number of nitrogens with two attached hydrogens (primary N) is 1. The molecule has 1 aromatic heterocycles. The van der Waals surface area contributed by atoms with Crippen LogP contribution in [0.4, 0.5) is 17.3 Å². The van der Waals surface area contributed by atoms with Gasteiger partial charge in [-0.05, 0) is 17.5 Å². The van der Waals surface area contributed by atoms with Crippen molar-refractivity contribution in [1.29, 1.82) is 0 Å². The lowest BCUT2D eigenvalue weighted by molar-refractivity contribution is 0.830. The molecule has 0 amide bonds. The van der Waals surface area contributed by atoms with Crippen LogP contribution in [-0.2, 0) is 0 Å². The van der Waals surface area contributed by atoms with E-state index in [1.165, 1.54) is 0 Å². The molecule has 0 atom stereocenters. The number of nitrogens with one attached hydrogen (secondary N) is 2. The Kier molecular flexibility index (Phi) is 6.04. The number of aromatic nitrogens is 2. The molecule has 134 valence electrons. The van der Waals surface area contributed by atoms with Gasteiger partial charge in [0.05, 0.1) is 6.04 Å². The molecule has 0 aliphatic heterocycles. The average molecular weight is 347 g/mol. The normalized spacial score (nSPS) is 10.7. The van der Waals surface area contributed by atoms with Crippen molar-refractivity contribution >= 4 is 17.3 Å². The molecule has 26 heavy (non-hydrogen) atoms. The first-order valence-electron chi connectivity index (χ1n) is 9.00. The summed E-state index contributed by atoms with van der Waals surface area (Å²) in [7, 11) is 0. The molecular formula is C21H25N5. The Bertz CT molecular complexity index is 766. The highest BCUT2D eigenvalue weighted by Gasteiger charge is 2.17. The summed E-state index contributed by atoms with van der Waals surface area (Å²) in [6.07, 6.45) is 3.73. The van der Waals surface area contributed by atoms with Gasteiger partial charge in [0.1, 0.15) is 12.0 Å². The first-order chi connectivity index (χ1) is 12.8. The molecule has 0 fully saturated rings. The highest BCUT2D eigenvalue weighted by Crippen LogP contribution is 2.30. The summed E-state index contributed by atoms with van der Waals surface area (Å²) < 4.78 is 0. The summed E-state index contributed by atoms with van der Waals surface area (Å²) >= 11 is 0. The number of hydrogen-bond acceptors (Lipinski definition) is 5. The van der Waals surface area contributed by atoms with Crippen LogP contribution in [0.15, 0.2) is 67.0 Å². The van der Waals surface area contributed by atoms with Crippen LogP contribution in [0.25, 0.3) is 0 Å². The third-order valence-corrected chi connectivity index (χ3v) is 4.25. The summed E-state index contributed by atoms with van der Waals surface area (Å²) in [6.45, 7) is 3.00. The fourth-order valence-corrected chi connectivity index (χ4v) is 2.82. The minimum atomic E-state index is -0.0434. The van der Waals surface area contributed by atoms with Crippen molar-refractivity contribution in [1.82, 2.24) is 9.97 Å². The maximum Gasteiger partial charge on any atom is 0.155 e. The summed E-state index contributed by atoms with van der Waals surface area (Å²) in [6, 6.07) is 20.5. The molecule has 3 rings (SSSR count). The first kappa shape index (κ1) is 17.7. The zero-order valence-electron chi connectivity index (χ0n) is 15.0. The van der Waals surface area contributed by atoms with E-state index in [1.54, 1.807) is 6.33 Å². The predicted octanol–water partition coefficient (Wildman–Crippen LogP) is 4.47. The molecule has 0 saturated carbocycles. The summed E-state index contributed by atoms with van der Waals surface area (Å²) in [5.41, 5.74) is 9.16. The zero-order valence-corrected chi connectivity index (χ0v) is 15.0. The molecule has 4 N–H and O–H groups in total. The third kappa shape index (κ3) is 4.30. The number of rotatable bonds is 8. The van der Waals surface area contributed by atoms with E-state index in [9.17, 15) is 0 Å². The van der Waals surface area contributed by atoms with Crippen LogP contribution in [0.3, 0.4) is 0 Å². The number of nitrogen functional groups attached to an aromatic ring is 1. The second kappa shape index (κ2) is 8.85. The van der Waals surface area contributed by atoms with Crippen molar-refractivity contribution in [2.45, 2.75) is 25.8 Å². The summed E-state index contributed by atoms with van der Waals surface area (Å²) in [4.78, 5) is 8.65. The Balaban J connectivity index is 1.89. The number of unbranched alkanes of at least 4 members (excludes halogenated alkanes) is 1. The Morgan fingerprint density at radius 1 is 0.885 bits per heavy atom. The van der Waals surface area contributed by atoms with Gasteiger partial charge in [-0.1, -0.05) is 74.0 Å². The molecule has 5 nitrogen and oxygen atoms in total. The lowest BCUT2D eigenvalue weighted by Crippen LogP contribution is -2.16. The number of nitrogens with zero attached hydrogens (tertiary/aromatic N) is 2. The monoisotopic (exact) mass is 347 g/mol. The molecule has 5 heteroatoms. The molecule has 0 unspecified atom stereocenters. The van der Waals surface area contributed by atoms with Crippen molar-refractivity contribution in [3.63, 3.8) is 0 Å². The molecule has 0 aliphatic carbocycles. The van der Waals surface area contributed by atoms with Gasteiger partial charge in [0.25, 0.3) is 0 Å². The Hall–Kier alpha value is -3.08. The Morgan fingerprint density at radius 2 is 1.46 bits per heavy atom. The smallest absolute Gasteiger partial charge is 0.155 e. The van der Waals surface area contributed by atoms with Crippen molar-refractivity contribution in [3.05, 3.63) is 78.1 Å². The maximum atomic E-state index is 6.32. The second-order valence-electron chi connectivity index (χ2n) is 6.16. The van der Waals surface area contributed by atoms with Gasteiger partial charge in [-0.3, -0.25) is 0 Å². The predicted molar refractivity (Wildman–Crippen MR) is 108 cm³/mol. The van der Waals surface area contributed by atoms with Crippen molar-refractivity contribution in [3.8, 4) is 0 Å². The van der Waals surface area contributed by atoms with E-state index in [2.05, 4.69) is 51.8 Å². The zero-order chi connectivity index (χ0) is 18.2. The minimum absolute atomic E-state index is 0.0434. The van der Waals surface area contributed by atoms with E-state index in [4.69, 9.17) is 5.73 Å². The topological polar surface area (TPSA) is 75.9 Å². The number of benzene rings is 2. The third-order valence-electron chi connectivity index (χ3n) is 4.25. The van der Waals surface area contributed by atoms with Crippen LogP contribution in [0.1, 0.15) is 36.9 Å². The van der Waals surface area contributed by atoms with Gasteiger partial charge in [-0.25, -0.2) is 9.97 Å². The highest BCUT2D eigenvalue weighted by molar-refractivity contribution is 5.74. The van der Waals surface area contributed by atoms with Gasteiger partial charge in [-0.2, -0.15) is 0 Å². The van der Waals surface area contributed by atoms with Gasteiger partial charge in [-0.15, -0.1) is 0 Å². The van der Waals surface area contributed by atoms with Crippen LogP contribution in [-0.4, -0.2) is 16.5 Å². The molecule has 1 heterocycles. The molecule has 0 aliphatic rings. The second-order valence-corrected chi connectivity index (χ2v) is 6.16. The fourth-order valence-electron chi connectivity index (χ4n) is 2.82. The van der Waals surface area contributed by atoms with E-state index in [0.717, 1.165) is 30.5 Å². The first-order valence-corrected chi connectivity index (χ1v) is 9.00. The summed E-state index contributed by atoms with van der Waals surface area (Å²) in [5, 5.41) is 6.79. The van der Waals surface area contributed by atoms with E-state index in [1.807, 2.05) is 36.4 Å². The van der Waals surface area contributed by atoms with E-state index < -0.39 is 0 Å². The van der Waals surface area contributed by atoms with Gasteiger partial charge in [0.15, 0.2) is 11.6 Å². The minimum Gasteiger partial charge on any atom is -0.393 e. The molecule has 3 aromatic rings. The summed E-state index contributed by atoms with van der Waals surface area (Å²) in [5.74, 6) is 1.31. The van der Waals surface area contributed by atoms with Gasteiger partial charge in [0, 0.05) is 6.54 Å². The van der Waals surface area contributed by atoms with E-state index in [-0.39, 0.29) is 6.04 Å². The largest absolute Gasteiger partial charge is 0.393 e. The van der Waals surface area contributed by atoms with E-state index in [0.29, 0.717) is 17.3 Å². The van der Waals surface area contributed by atoms with Gasteiger partial charge < -0.3 is 16.4 Å². The van der Waals surface area contributed by atoms with E-state index >= 15 is 0 Å². The molecular weight excluding hydrogens is 322 g/mol. The lowest BCUT2D eigenvalue weighted by atomic mass is 9.99. The number of hydrogen-bond donors (Lipinski definition) is 3. The van der Waals surface area contributed by atoms with Crippen LogP contribution >= 0.6 is 0 Å². The van der Waals surface area contributed by atoms with Gasteiger partial charge >= 0.3 is 0 Å². The quantitative estimate of drug-likeness (QED) is 0.524. The van der Waals surface area contributed by atoms with Crippen LogP contribution in [0.2, 0.25) is 0 Å². The maximum absolute atomic E-state index is 6.32. The lowest BCUT2D eigenvalue weighted by Gasteiger charge is -2.22. The fraction of sp³-hybridized carbons (Fsp3) is 0.238. The van der Waals surface area contributed by atoms with Crippen molar-refractivity contribution < 1.29 is 0 Å². The van der Waals surface area contributed by atoms with Crippen LogP contribution in [0, 0.1) is 0 Å².